The van der Waals surface area contributed by atoms with Gasteiger partial charge in [0, 0.05) is 37.8 Å². The van der Waals surface area contributed by atoms with Crippen molar-refractivity contribution in [2.45, 2.75) is 50.7 Å². The van der Waals surface area contributed by atoms with Gasteiger partial charge in [-0.25, -0.2) is 13.8 Å². The molecule has 4 heterocycles. The number of rotatable bonds is 9. The zero-order valence-corrected chi connectivity index (χ0v) is 26.3. The van der Waals surface area contributed by atoms with Gasteiger partial charge >= 0.3 is 5.92 Å². The fourth-order valence-corrected chi connectivity index (χ4v) is 6.37. The molecule has 2 fully saturated rings. The smallest absolute Gasteiger partial charge is 0.301 e. The van der Waals surface area contributed by atoms with E-state index >= 15 is 8.78 Å². The number of hydrogen-bond donors (Lipinski definition) is 2. The summed E-state index contributed by atoms with van der Waals surface area (Å²) in [5.41, 5.74) is 1.03. The topological polar surface area (TPSA) is 96.8 Å². The summed E-state index contributed by atoms with van der Waals surface area (Å²) in [5.74, 6) is -2.01. The summed E-state index contributed by atoms with van der Waals surface area (Å²) < 4.78 is 43.2. The average molecular weight is 632 g/mol. The van der Waals surface area contributed by atoms with Crippen molar-refractivity contribution in [2.24, 2.45) is 18.9 Å². The number of hydrogen-bond acceptors (Lipinski definition) is 9. The van der Waals surface area contributed by atoms with Crippen LogP contribution in [-0.4, -0.2) is 84.4 Å². The van der Waals surface area contributed by atoms with Crippen molar-refractivity contribution >= 4 is 45.6 Å². The standard InChI is InChI=1S/C31H40ClF2N7O3/c1-18-12-21(43-11-5-10-39(2)3)16-41(15-18)30-35-14-23(32)28(38-30)36-20-8-9-24-22(13-20)25-26(29(42)40(24)4)44-17-31(33,34)27(37-25)19-6-7-19/h8-9,13-14,18-19,21,27,37H,5-7,10-12,15-17H2,1-4H3,(H,35,36,38)/t18-,21+,27?/m0/s1. The lowest BCUT2D eigenvalue weighted by molar-refractivity contribution is -0.0579. The minimum Gasteiger partial charge on any atom is -0.480 e. The summed E-state index contributed by atoms with van der Waals surface area (Å²) in [4.78, 5) is 26.7. The van der Waals surface area contributed by atoms with E-state index in [1.54, 1.807) is 31.4 Å². The fraction of sp³-hybridized carbons (Fsp3) is 0.581. The monoisotopic (exact) mass is 631 g/mol. The van der Waals surface area contributed by atoms with Crippen LogP contribution >= 0.6 is 11.6 Å². The molecule has 13 heteroatoms. The third kappa shape index (κ3) is 6.43. The Labute approximate surface area is 260 Å². The summed E-state index contributed by atoms with van der Waals surface area (Å²) in [5, 5.41) is 7.23. The van der Waals surface area contributed by atoms with Crippen molar-refractivity contribution in [2.75, 3.05) is 62.5 Å². The third-order valence-corrected chi connectivity index (χ3v) is 8.89. The molecule has 238 valence electrons. The molecule has 1 saturated heterocycles. The minimum absolute atomic E-state index is 0.0838. The van der Waals surface area contributed by atoms with Crippen molar-refractivity contribution in [1.29, 1.82) is 0 Å². The SMILES string of the molecule is C[C@H]1C[C@@H](OCCCN(C)C)CN(c2ncc(Cl)c(Nc3ccc4c(c3)c3c(c(=O)n4C)OCC(F)(F)C(C4CC4)N3)n2)C1. The van der Waals surface area contributed by atoms with Crippen LogP contribution in [0.5, 0.6) is 5.75 Å². The maximum atomic E-state index is 15.0. The number of piperidine rings is 1. The van der Waals surface area contributed by atoms with Gasteiger partial charge in [-0.2, -0.15) is 4.98 Å². The third-order valence-electron chi connectivity index (χ3n) is 8.61. The fourth-order valence-electron chi connectivity index (χ4n) is 6.23. The number of nitrogens with zero attached hydrogens (tertiary/aromatic N) is 5. The minimum atomic E-state index is -3.11. The number of nitrogens with one attached hydrogen (secondary N) is 2. The predicted octanol–water partition coefficient (Wildman–Crippen LogP) is 5.13. The largest absolute Gasteiger partial charge is 0.480 e. The molecule has 1 saturated carbocycles. The lowest BCUT2D eigenvalue weighted by Gasteiger charge is -2.36. The van der Waals surface area contributed by atoms with E-state index < -0.39 is 24.1 Å². The molecule has 0 bridgehead atoms. The molecule has 1 unspecified atom stereocenters. The molecule has 6 rings (SSSR count). The lowest BCUT2D eigenvalue weighted by atomic mass is 9.98. The second-order valence-corrected chi connectivity index (χ2v) is 13.1. The summed E-state index contributed by atoms with van der Waals surface area (Å²) >= 11 is 6.55. The Morgan fingerprint density at radius 1 is 1.27 bits per heavy atom. The van der Waals surface area contributed by atoms with Gasteiger partial charge in [0.05, 0.1) is 29.5 Å². The zero-order chi connectivity index (χ0) is 31.2. The molecular weight excluding hydrogens is 592 g/mol. The Morgan fingerprint density at radius 3 is 2.82 bits per heavy atom. The second kappa shape index (κ2) is 12.3. The van der Waals surface area contributed by atoms with Gasteiger partial charge in [-0.15, -0.1) is 0 Å². The van der Waals surface area contributed by atoms with Crippen LogP contribution in [0.25, 0.3) is 10.9 Å². The molecule has 2 N–H and O–H groups in total. The van der Waals surface area contributed by atoms with Crippen molar-refractivity contribution < 1.29 is 18.3 Å². The van der Waals surface area contributed by atoms with Gasteiger partial charge in [0.25, 0.3) is 5.56 Å². The number of benzene rings is 1. The van der Waals surface area contributed by atoms with E-state index in [4.69, 9.17) is 26.1 Å². The Balaban J connectivity index is 1.26. The van der Waals surface area contributed by atoms with E-state index in [0.29, 0.717) is 65.3 Å². The van der Waals surface area contributed by atoms with Gasteiger partial charge in [0.1, 0.15) is 5.02 Å². The van der Waals surface area contributed by atoms with Gasteiger partial charge in [-0.1, -0.05) is 18.5 Å². The highest BCUT2D eigenvalue weighted by Gasteiger charge is 2.51. The van der Waals surface area contributed by atoms with E-state index in [0.717, 1.165) is 25.9 Å². The molecule has 10 nitrogen and oxygen atoms in total. The molecule has 3 atom stereocenters. The number of pyridine rings is 1. The molecular formula is C31H40ClF2N7O3. The number of halogens is 3. The summed E-state index contributed by atoms with van der Waals surface area (Å²) in [6.45, 7) is 4.52. The van der Waals surface area contributed by atoms with Gasteiger partial charge in [0.15, 0.2) is 12.4 Å². The molecule has 3 aromatic rings. The van der Waals surface area contributed by atoms with Crippen LogP contribution in [0.3, 0.4) is 0 Å². The number of ether oxygens (including phenoxy) is 2. The molecule has 1 aliphatic carbocycles. The van der Waals surface area contributed by atoms with Crippen LogP contribution < -0.4 is 25.8 Å². The lowest BCUT2D eigenvalue weighted by Crippen LogP contribution is -2.44. The molecule has 0 amide bonds. The van der Waals surface area contributed by atoms with Gasteiger partial charge < -0.3 is 34.5 Å². The molecule has 44 heavy (non-hydrogen) atoms. The molecule has 0 radical (unpaired) electrons. The highest BCUT2D eigenvalue weighted by atomic mass is 35.5. The Hall–Kier alpha value is -3.22. The first kappa shape index (κ1) is 30.8. The van der Waals surface area contributed by atoms with E-state index in [-0.39, 0.29) is 23.5 Å². The normalized spacial score (nSPS) is 23.2. The van der Waals surface area contributed by atoms with Crippen LogP contribution in [0.15, 0.2) is 29.2 Å². The molecule has 1 aromatic carbocycles. The molecule has 2 aromatic heterocycles. The van der Waals surface area contributed by atoms with Gasteiger partial charge in [-0.3, -0.25) is 4.79 Å². The maximum absolute atomic E-state index is 15.0. The average Bonchev–Trinajstić information content (AvgIpc) is 3.82. The Kier molecular flexibility index (Phi) is 8.60. The number of fused-ring (bicyclic) bond motifs is 3. The number of anilines is 4. The van der Waals surface area contributed by atoms with E-state index in [9.17, 15) is 4.79 Å². The quantitative estimate of drug-likeness (QED) is 0.312. The summed E-state index contributed by atoms with van der Waals surface area (Å²) in [6, 6.07) is 4.27. The van der Waals surface area contributed by atoms with Crippen molar-refractivity contribution in [1.82, 2.24) is 19.4 Å². The first-order valence-corrected chi connectivity index (χ1v) is 15.6. The molecule has 0 spiro atoms. The van der Waals surface area contributed by atoms with E-state index in [2.05, 4.69) is 46.4 Å². The van der Waals surface area contributed by atoms with Crippen molar-refractivity contribution in [3.8, 4) is 5.75 Å². The molecule has 3 aliphatic rings. The van der Waals surface area contributed by atoms with Crippen LogP contribution in [0.1, 0.15) is 32.6 Å². The second-order valence-electron chi connectivity index (χ2n) is 12.7. The van der Waals surface area contributed by atoms with E-state index in [1.807, 2.05) is 0 Å². The first-order valence-electron chi connectivity index (χ1n) is 15.2. The van der Waals surface area contributed by atoms with Gasteiger partial charge in [0.2, 0.25) is 11.7 Å². The highest BCUT2D eigenvalue weighted by molar-refractivity contribution is 6.33. The van der Waals surface area contributed by atoms with Crippen molar-refractivity contribution in [3.63, 3.8) is 0 Å². The number of aromatic nitrogens is 3. The van der Waals surface area contributed by atoms with Crippen LogP contribution in [0.4, 0.5) is 31.9 Å². The van der Waals surface area contributed by atoms with E-state index in [1.165, 1.54) is 4.57 Å². The van der Waals surface area contributed by atoms with Gasteiger partial charge in [-0.05, 0) is 76.4 Å². The number of alkyl halides is 2. The Bertz CT molecular complexity index is 1580. The number of aryl methyl sites for hydroxylation is 1. The summed E-state index contributed by atoms with van der Waals surface area (Å²) in [7, 11) is 5.72. The zero-order valence-electron chi connectivity index (χ0n) is 25.6. The predicted molar refractivity (Wildman–Crippen MR) is 169 cm³/mol. The van der Waals surface area contributed by atoms with Crippen LogP contribution in [0, 0.1) is 11.8 Å². The highest BCUT2D eigenvalue weighted by Crippen LogP contribution is 2.45. The first-order chi connectivity index (χ1) is 21.0. The van der Waals surface area contributed by atoms with Crippen LogP contribution in [-0.2, 0) is 11.8 Å². The maximum Gasteiger partial charge on any atom is 0.301 e. The van der Waals surface area contributed by atoms with Crippen molar-refractivity contribution in [3.05, 3.63) is 39.8 Å². The summed E-state index contributed by atoms with van der Waals surface area (Å²) in [6.07, 6.45) is 5.04. The van der Waals surface area contributed by atoms with Crippen LogP contribution in [0.2, 0.25) is 5.02 Å². The Morgan fingerprint density at radius 2 is 2.07 bits per heavy atom. The molecule has 2 aliphatic heterocycles.